The molecular formula is C18H17O7+. The Balaban J connectivity index is 1.89. The van der Waals surface area contributed by atoms with Crippen LogP contribution < -0.4 is 14.2 Å². The molecule has 3 aromatic rings. The summed E-state index contributed by atoms with van der Waals surface area (Å²) in [7, 11) is 2.85. The molecule has 0 aliphatic heterocycles. The number of fused-ring (bicyclic) bond motifs is 1. The molecule has 0 unspecified atom stereocenters. The maximum absolute atomic E-state index is 10.0. The molecule has 0 radical (unpaired) electrons. The van der Waals surface area contributed by atoms with Gasteiger partial charge in [-0.1, -0.05) is 6.07 Å². The highest BCUT2D eigenvalue weighted by Crippen LogP contribution is 2.38. The van der Waals surface area contributed by atoms with Crippen molar-refractivity contribution in [2.45, 2.75) is 6.61 Å². The number of hydrogen-bond donors (Lipinski definition) is 3. The summed E-state index contributed by atoms with van der Waals surface area (Å²) in [5, 5.41) is 30.1. The Kier molecular flexibility index (Phi) is 4.38. The maximum atomic E-state index is 10.0. The van der Waals surface area contributed by atoms with Gasteiger partial charge in [-0.25, -0.2) is 0 Å². The molecule has 0 saturated carbocycles. The van der Waals surface area contributed by atoms with Crippen molar-refractivity contribution in [1.82, 2.24) is 0 Å². The molecule has 1 heterocycles. The first-order valence-electron chi connectivity index (χ1n) is 7.38. The average molecular weight is 345 g/mol. The average Bonchev–Trinajstić information content (AvgIpc) is 2.61. The van der Waals surface area contributed by atoms with E-state index < -0.39 is 0 Å². The van der Waals surface area contributed by atoms with Gasteiger partial charge in [-0.05, 0) is 18.2 Å². The van der Waals surface area contributed by atoms with E-state index in [0.29, 0.717) is 16.5 Å². The van der Waals surface area contributed by atoms with Crippen LogP contribution >= 0.6 is 0 Å². The molecule has 3 N–H and O–H groups in total. The normalized spacial score (nSPS) is 10.6. The van der Waals surface area contributed by atoms with Crippen molar-refractivity contribution < 1.29 is 33.9 Å². The van der Waals surface area contributed by atoms with E-state index in [1.54, 1.807) is 24.3 Å². The molecule has 7 nitrogen and oxygen atoms in total. The van der Waals surface area contributed by atoms with Crippen LogP contribution in [0.25, 0.3) is 11.0 Å². The zero-order valence-corrected chi connectivity index (χ0v) is 13.6. The molecule has 1 aromatic heterocycles. The van der Waals surface area contributed by atoms with Crippen LogP contribution in [0.1, 0.15) is 5.56 Å². The third-order valence-electron chi connectivity index (χ3n) is 3.65. The number of methoxy groups -OCH3 is 2. The molecule has 25 heavy (non-hydrogen) atoms. The van der Waals surface area contributed by atoms with Gasteiger partial charge < -0.3 is 29.5 Å². The molecule has 0 atom stereocenters. The van der Waals surface area contributed by atoms with E-state index in [0.717, 1.165) is 0 Å². The Bertz CT molecular complexity index is 896. The van der Waals surface area contributed by atoms with E-state index in [1.807, 2.05) is 0 Å². The monoisotopic (exact) mass is 345 g/mol. The van der Waals surface area contributed by atoms with Crippen LogP contribution in [0.5, 0.6) is 34.7 Å². The van der Waals surface area contributed by atoms with Gasteiger partial charge in [0.15, 0.2) is 11.5 Å². The van der Waals surface area contributed by atoms with Crippen LogP contribution in [0.2, 0.25) is 0 Å². The summed E-state index contributed by atoms with van der Waals surface area (Å²) in [6.07, 6.45) is 0. The van der Waals surface area contributed by atoms with E-state index in [4.69, 9.17) is 18.6 Å². The Labute approximate surface area is 143 Å². The first kappa shape index (κ1) is 16.5. The molecule has 2 aromatic carbocycles. The lowest BCUT2D eigenvalue weighted by atomic mass is 10.2. The Morgan fingerprint density at radius 3 is 2.24 bits per heavy atom. The second-order valence-corrected chi connectivity index (χ2v) is 5.25. The second-order valence-electron chi connectivity index (χ2n) is 5.25. The number of phenolic OH excluding ortho intramolecular Hbond substituents is 2. The fourth-order valence-electron chi connectivity index (χ4n) is 2.40. The minimum atomic E-state index is -0.244. The van der Waals surface area contributed by atoms with Crippen LogP contribution in [0.4, 0.5) is 0 Å². The van der Waals surface area contributed by atoms with Gasteiger partial charge in [0.25, 0.3) is 11.3 Å². The lowest BCUT2D eigenvalue weighted by Gasteiger charge is -2.09. The van der Waals surface area contributed by atoms with Gasteiger partial charge in [0, 0.05) is 17.7 Å². The lowest BCUT2D eigenvalue weighted by Crippen LogP contribution is -1.98. The van der Waals surface area contributed by atoms with Crippen molar-refractivity contribution in [3.63, 3.8) is 0 Å². The van der Waals surface area contributed by atoms with Crippen molar-refractivity contribution >= 4 is 11.0 Å². The van der Waals surface area contributed by atoms with Crippen molar-refractivity contribution in [3.05, 3.63) is 42.0 Å². The van der Waals surface area contributed by atoms with Gasteiger partial charge in [0.2, 0.25) is 12.4 Å². The summed E-state index contributed by atoms with van der Waals surface area (Å²) >= 11 is 0. The molecule has 0 amide bonds. The van der Waals surface area contributed by atoms with Crippen LogP contribution in [0, 0.1) is 0 Å². The fraction of sp³-hybridized carbons (Fsp3) is 0.167. The Hall–Kier alpha value is -3.35. The SMILES string of the molecule is COc1cc(COc2[o+]c3cccc(O)c3cc2O)cc(OC)c1O. The standard InChI is InChI=1S/C18H16O7/c1-22-15-6-10(7-16(23-2)17(15)21)9-24-18-13(20)8-11-12(19)4-3-5-14(11)25-18/h3-8H,9H2,1-2H3,(H2-,19,20,21)/p+1. The number of ether oxygens (including phenoxy) is 3. The first-order chi connectivity index (χ1) is 12.0. The van der Waals surface area contributed by atoms with Crippen LogP contribution in [-0.4, -0.2) is 29.5 Å². The lowest BCUT2D eigenvalue weighted by molar-refractivity contribution is 0.218. The van der Waals surface area contributed by atoms with Crippen molar-refractivity contribution in [2.24, 2.45) is 0 Å². The fourth-order valence-corrected chi connectivity index (χ4v) is 2.40. The van der Waals surface area contributed by atoms with Crippen LogP contribution in [-0.2, 0) is 6.61 Å². The summed E-state index contributed by atoms with van der Waals surface area (Å²) in [4.78, 5) is 0. The van der Waals surface area contributed by atoms with Gasteiger partial charge >= 0.3 is 5.95 Å². The van der Waals surface area contributed by atoms with Gasteiger partial charge in [-0.2, -0.15) is 0 Å². The number of benzene rings is 2. The Morgan fingerprint density at radius 1 is 0.920 bits per heavy atom. The van der Waals surface area contributed by atoms with Crippen molar-refractivity contribution in [3.8, 4) is 34.7 Å². The Morgan fingerprint density at radius 2 is 1.60 bits per heavy atom. The highest BCUT2D eigenvalue weighted by Gasteiger charge is 2.22. The van der Waals surface area contributed by atoms with E-state index >= 15 is 0 Å². The molecule has 0 aliphatic rings. The van der Waals surface area contributed by atoms with E-state index in [9.17, 15) is 15.3 Å². The summed E-state index contributed by atoms with van der Waals surface area (Å²) in [6.45, 7) is 0.0361. The predicted octanol–water partition coefficient (Wildman–Crippen LogP) is 3.43. The number of aromatic hydroxyl groups is 3. The minimum Gasteiger partial charge on any atom is -0.507 e. The zero-order chi connectivity index (χ0) is 18.0. The summed E-state index contributed by atoms with van der Waals surface area (Å²) in [5.74, 6) is 0.0273. The second kappa shape index (κ2) is 6.64. The number of phenols is 2. The van der Waals surface area contributed by atoms with Gasteiger partial charge in [-0.15, -0.1) is 0 Å². The molecule has 3 rings (SSSR count). The molecule has 0 fully saturated rings. The van der Waals surface area contributed by atoms with E-state index in [1.165, 1.54) is 26.4 Å². The molecule has 130 valence electrons. The minimum absolute atomic E-state index is 0.00360. The third kappa shape index (κ3) is 3.16. The van der Waals surface area contributed by atoms with E-state index in [2.05, 4.69) is 0 Å². The topological polar surface area (TPSA) is 99.7 Å². The zero-order valence-electron chi connectivity index (χ0n) is 13.6. The largest absolute Gasteiger partial charge is 0.562 e. The van der Waals surface area contributed by atoms with Crippen LogP contribution in [0.15, 0.2) is 40.8 Å². The van der Waals surface area contributed by atoms with Crippen molar-refractivity contribution in [2.75, 3.05) is 14.2 Å². The third-order valence-corrected chi connectivity index (χ3v) is 3.65. The molecule has 0 aliphatic carbocycles. The maximum Gasteiger partial charge on any atom is 0.562 e. The van der Waals surface area contributed by atoms with Gasteiger partial charge in [-0.3, -0.25) is 4.42 Å². The van der Waals surface area contributed by atoms with Crippen LogP contribution in [0.3, 0.4) is 0 Å². The summed E-state index contributed by atoms with van der Waals surface area (Å²) < 4.78 is 21.2. The highest BCUT2D eigenvalue weighted by molar-refractivity contribution is 5.84. The quantitative estimate of drug-likeness (QED) is 0.609. The van der Waals surface area contributed by atoms with Gasteiger partial charge in [0.1, 0.15) is 5.75 Å². The molecule has 0 bridgehead atoms. The smallest absolute Gasteiger partial charge is 0.507 e. The number of hydrogen-bond acceptors (Lipinski definition) is 6. The predicted molar refractivity (Wildman–Crippen MR) is 89.5 cm³/mol. The summed E-state index contributed by atoms with van der Waals surface area (Å²) in [5.41, 5.74) is 1.01. The van der Waals surface area contributed by atoms with Gasteiger partial charge in [0.05, 0.1) is 19.6 Å². The molecule has 0 saturated heterocycles. The number of rotatable bonds is 5. The van der Waals surface area contributed by atoms with Crippen molar-refractivity contribution in [1.29, 1.82) is 0 Å². The first-order valence-corrected chi connectivity index (χ1v) is 7.38. The highest BCUT2D eigenvalue weighted by atomic mass is 16.6. The molecular weight excluding hydrogens is 328 g/mol. The summed E-state index contributed by atoms with van der Waals surface area (Å²) in [6, 6.07) is 9.30. The van der Waals surface area contributed by atoms with E-state index in [-0.39, 0.29) is 41.3 Å². The molecule has 7 heteroatoms. The molecule has 0 spiro atoms.